The number of halogens is 1. The third kappa shape index (κ3) is 5.35. The monoisotopic (exact) mass is 547 g/mol. The molecule has 1 aliphatic carbocycles. The number of nitrogens with one attached hydrogen (secondary N) is 1. The first-order chi connectivity index (χ1) is 18.1. The minimum atomic E-state index is -0.205. The first kappa shape index (κ1) is 24.3. The molecule has 2 atom stereocenters. The van der Waals surface area contributed by atoms with Gasteiger partial charge in [-0.15, -0.1) is 0 Å². The zero-order chi connectivity index (χ0) is 25.2. The molecule has 2 aromatic carbocycles. The molecule has 2 aromatic heterocycles. The van der Waals surface area contributed by atoms with Crippen molar-refractivity contribution >= 4 is 46.4 Å². The fourth-order valence-corrected chi connectivity index (χ4v) is 6.22. The van der Waals surface area contributed by atoms with Crippen LogP contribution in [0.1, 0.15) is 49.2 Å². The Balaban J connectivity index is 1.30. The van der Waals surface area contributed by atoms with E-state index in [1.807, 2.05) is 66.7 Å². The number of nitrogens with zero attached hydrogens (tertiary/aromatic N) is 2. The standard InChI is InChI=1S/C29H26ClN3O2S2/c30-19-8-14-23(15-9-19)37-26-17-16-25(35-26)28-27(24-7-3-4-18-31-24)32-29(36)33(28)20-10-12-22(13-11-20)34-21-5-1-2-6-21/h3-4,7-18,21,27-28H,1-2,5-6H2,(H,32,36)/t27-,28-/m0/s1. The van der Waals surface area contributed by atoms with Gasteiger partial charge in [-0.3, -0.25) is 4.98 Å². The molecule has 8 heteroatoms. The summed E-state index contributed by atoms with van der Waals surface area (Å²) in [6.45, 7) is 0. The van der Waals surface area contributed by atoms with Gasteiger partial charge in [0.2, 0.25) is 0 Å². The minimum absolute atomic E-state index is 0.164. The number of rotatable bonds is 7. The fourth-order valence-electron chi connectivity index (χ4n) is 4.97. The van der Waals surface area contributed by atoms with Gasteiger partial charge in [0.15, 0.2) is 10.2 Å². The first-order valence-electron chi connectivity index (χ1n) is 12.4. The van der Waals surface area contributed by atoms with Gasteiger partial charge in [-0.2, -0.15) is 0 Å². The number of anilines is 1. The van der Waals surface area contributed by atoms with Gasteiger partial charge in [0.1, 0.15) is 17.6 Å². The summed E-state index contributed by atoms with van der Waals surface area (Å²) < 4.78 is 12.6. The van der Waals surface area contributed by atoms with Crippen LogP contribution in [0.3, 0.4) is 0 Å². The maximum absolute atomic E-state index is 6.40. The Bertz CT molecular complexity index is 1360. The SMILES string of the molecule is S=C1N[C@@H](c2ccccn2)[C@H](c2ccc(Sc3ccc(Cl)cc3)o2)N1c1ccc(OC2CCCC2)cc1. The van der Waals surface area contributed by atoms with Crippen LogP contribution in [0.15, 0.2) is 99.5 Å². The molecule has 1 aliphatic heterocycles. The van der Waals surface area contributed by atoms with Crippen LogP contribution in [-0.4, -0.2) is 16.2 Å². The molecule has 1 saturated heterocycles. The van der Waals surface area contributed by atoms with Crippen LogP contribution in [-0.2, 0) is 0 Å². The number of thiocarbonyl (C=S) groups is 1. The molecule has 0 spiro atoms. The molecular formula is C29H26ClN3O2S2. The van der Waals surface area contributed by atoms with Crippen molar-refractivity contribution in [3.8, 4) is 5.75 Å². The van der Waals surface area contributed by atoms with Gasteiger partial charge in [-0.25, -0.2) is 0 Å². The second-order valence-electron chi connectivity index (χ2n) is 9.23. The van der Waals surface area contributed by atoms with E-state index in [0.29, 0.717) is 16.2 Å². The number of hydrogen-bond donors (Lipinski definition) is 1. The van der Waals surface area contributed by atoms with Gasteiger partial charge in [-0.1, -0.05) is 29.4 Å². The predicted octanol–water partition coefficient (Wildman–Crippen LogP) is 7.98. The smallest absolute Gasteiger partial charge is 0.174 e. The lowest BCUT2D eigenvalue weighted by Gasteiger charge is -2.26. The highest BCUT2D eigenvalue weighted by Gasteiger charge is 2.42. The molecule has 3 heterocycles. The number of furan rings is 1. The molecule has 188 valence electrons. The molecule has 0 bridgehead atoms. The molecular weight excluding hydrogens is 522 g/mol. The minimum Gasteiger partial charge on any atom is -0.490 e. The second-order valence-corrected chi connectivity index (χ2v) is 11.1. The molecule has 2 fully saturated rings. The van der Waals surface area contributed by atoms with Crippen molar-refractivity contribution in [2.45, 2.75) is 53.9 Å². The van der Waals surface area contributed by atoms with E-state index in [1.54, 1.807) is 18.0 Å². The van der Waals surface area contributed by atoms with Gasteiger partial charge in [0.05, 0.1) is 17.8 Å². The van der Waals surface area contributed by atoms with E-state index >= 15 is 0 Å². The zero-order valence-corrected chi connectivity index (χ0v) is 22.4. The Labute approximate surface area is 231 Å². The van der Waals surface area contributed by atoms with E-state index in [2.05, 4.69) is 27.3 Å². The molecule has 1 saturated carbocycles. The summed E-state index contributed by atoms with van der Waals surface area (Å²) >= 11 is 13.5. The van der Waals surface area contributed by atoms with Gasteiger partial charge in [-0.05, 0) is 111 Å². The predicted molar refractivity (Wildman–Crippen MR) is 152 cm³/mol. The average molecular weight is 548 g/mol. The number of hydrogen-bond acceptors (Lipinski definition) is 5. The van der Waals surface area contributed by atoms with Crippen molar-refractivity contribution in [3.63, 3.8) is 0 Å². The Morgan fingerprint density at radius 1 is 0.973 bits per heavy atom. The quantitative estimate of drug-likeness (QED) is 0.235. The lowest BCUT2D eigenvalue weighted by atomic mass is 10.0. The van der Waals surface area contributed by atoms with Crippen LogP contribution < -0.4 is 15.0 Å². The molecule has 5 nitrogen and oxygen atoms in total. The second kappa shape index (κ2) is 10.8. The van der Waals surface area contributed by atoms with Crippen LogP contribution in [0.4, 0.5) is 5.69 Å². The third-order valence-electron chi connectivity index (χ3n) is 6.74. The van der Waals surface area contributed by atoms with Gasteiger partial charge in [0.25, 0.3) is 0 Å². The molecule has 4 aromatic rings. The molecule has 1 N–H and O–H groups in total. The Morgan fingerprint density at radius 3 is 2.49 bits per heavy atom. The number of pyridine rings is 1. The van der Waals surface area contributed by atoms with Crippen molar-refractivity contribution in [3.05, 3.63) is 102 Å². The van der Waals surface area contributed by atoms with Gasteiger partial charge < -0.3 is 19.4 Å². The van der Waals surface area contributed by atoms with E-state index in [1.165, 1.54) is 12.8 Å². The Hall–Kier alpha value is -3.00. The van der Waals surface area contributed by atoms with E-state index < -0.39 is 0 Å². The van der Waals surface area contributed by atoms with Crippen molar-refractivity contribution in [1.29, 1.82) is 0 Å². The summed E-state index contributed by atoms with van der Waals surface area (Å²) in [6, 6.07) is 25.5. The van der Waals surface area contributed by atoms with Crippen molar-refractivity contribution in [2.24, 2.45) is 0 Å². The summed E-state index contributed by atoms with van der Waals surface area (Å²) in [6.07, 6.45) is 6.87. The first-order valence-corrected chi connectivity index (χ1v) is 14.0. The average Bonchev–Trinajstić information content (AvgIpc) is 3.67. The van der Waals surface area contributed by atoms with Crippen LogP contribution in [0.5, 0.6) is 5.75 Å². The maximum atomic E-state index is 6.40. The summed E-state index contributed by atoms with van der Waals surface area (Å²) in [7, 11) is 0. The third-order valence-corrected chi connectivity index (χ3v) is 8.24. The Morgan fingerprint density at radius 2 is 1.76 bits per heavy atom. The fraction of sp³-hybridized carbons (Fsp3) is 0.241. The van der Waals surface area contributed by atoms with Crippen LogP contribution in [0.25, 0.3) is 0 Å². The maximum Gasteiger partial charge on any atom is 0.174 e. The van der Waals surface area contributed by atoms with E-state index in [-0.39, 0.29) is 12.1 Å². The van der Waals surface area contributed by atoms with Crippen molar-refractivity contribution in [2.75, 3.05) is 4.90 Å². The van der Waals surface area contributed by atoms with E-state index in [4.69, 9.17) is 33.0 Å². The molecule has 0 amide bonds. The lowest BCUT2D eigenvalue weighted by Crippen LogP contribution is -2.29. The van der Waals surface area contributed by atoms with Crippen molar-refractivity contribution < 1.29 is 9.15 Å². The van der Waals surface area contributed by atoms with Gasteiger partial charge in [0, 0.05) is 21.8 Å². The summed E-state index contributed by atoms with van der Waals surface area (Å²) in [5.74, 6) is 1.71. The number of aromatic nitrogens is 1. The summed E-state index contributed by atoms with van der Waals surface area (Å²) in [4.78, 5) is 7.80. The Kier molecular flexibility index (Phi) is 7.09. The van der Waals surface area contributed by atoms with E-state index in [9.17, 15) is 0 Å². The molecule has 37 heavy (non-hydrogen) atoms. The lowest BCUT2D eigenvalue weighted by molar-refractivity contribution is 0.210. The van der Waals surface area contributed by atoms with E-state index in [0.717, 1.165) is 45.7 Å². The normalized spacial score (nSPS) is 19.8. The molecule has 2 aliphatic rings. The van der Waals surface area contributed by atoms with Crippen LogP contribution in [0.2, 0.25) is 5.02 Å². The van der Waals surface area contributed by atoms with Crippen LogP contribution >= 0.6 is 35.6 Å². The van der Waals surface area contributed by atoms with Gasteiger partial charge >= 0.3 is 0 Å². The van der Waals surface area contributed by atoms with Crippen molar-refractivity contribution in [1.82, 2.24) is 10.3 Å². The molecule has 6 rings (SSSR count). The largest absolute Gasteiger partial charge is 0.490 e. The topological polar surface area (TPSA) is 50.5 Å². The van der Waals surface area contributed by atoms with Crippen LogP contribution in [0, 0.1) is 0 Å². The zero-order valence-electron chi connectivity index (χ0n) is 20.0. The number of ether oxygens (including phenoxy) is 1. The summed E-state index contributed by atoms with van der Waals surface area (Å²) in [5, 5.41) is 5.63. The highest BCUT2D eigenvalue weighted by atomic mass is 35.5. The summed E-state index contributed by atoms with van der Waals surface area (Å²) in [5.41, 5.74) is 1.88. The molecule has 0 unspecified atom stereocenters. The highest BCUT2D eigenvalue weighted by Crippen LogP contribution is 2.43. The number of benzene rings is 2. The highest BCUT2D eigenvalue weighted by molar-refractivity contribution is 7.99. The molecule has 0 radical (unpaired) electrons.